The van der Waals surface area contributed by atoms with Crippen LogP contribution in [0.2, 0.25) is 0 Å². The van der Waals surface area contributed by atoms with Crippen molar-refractivity contribution in [3.05, 3.63) is 46.3 Å². The Morgan fingerprint density at radius 3 is 2.83 bits per heavy atom. The van der Waals surface area contributed by atoms with Crippen LogP contribution in [-0.4, -0.2) is 38.7 Å². The highest BCUT2D eigenvalue weighted by Gasteiger charge is 2.36. The molecule has 0 N–H and O–H groups in total. The summed E-state index contributed by atoms with van der Waals surface area (Å²) >= 11 is 1.16. The van der Waals surface area contributed by atoms with Gasteiger partial charge in [-0.05, 0) is 25.0 Å². The first kappa shape index (κ1) is 19.8. The predicted molar refractivity (Wildman–Crippen MR) is 102 cm³/mol. The maximum Gasteiger partial charge on any atom is 0.406 e. The molecule has 154 valence electrons. The lowest BCUT2D eigenvalue weighted by atomic mass is 10.1. The Balaban J connectivity index is 1.82. The Hall–Kier alpha value is -2.53. The molecule has 1 fully saturated rings. The number of rotatable bonds is 5. The number of hydrogen-bond donors (Lipinski definition) is 0. The maximum absolute atomic E-state index is 13.3. The molecule has 11 heteroatoms. The fourth-order valence-electron chi connectivity index (χ4n) is 3.58. The molecular formula is C18H18F3N5O2S. The summed E-state index contributed by atoms with van der Waals surface area (Å²) in [5, 5.41) is 0.754. The minimum absolute atomic E-state index is 0.104. The van der Waals surface area contributed by atoms with Gasteiger partial charge >= 0.3 is 6.18 Å². The van der Waals surface area contributed by atoms with Gasteiger partial charge < -0.3 is 9.64 Å². The van der Waals surface area contributed by atoms with Gasteiger partial charge in [0.2, 0.25) is 5.13 Å². The molecule has 29 heavy (non-hydrogen) atoms. The molecular weight excluding hydrogens is 407 g/mol. The lowest BCUT2D eigenvalue weighted by Crippen LogP contribution is -2.35. The normalized spacial score (nSPS) is 17.4. The largest absolute Gasteiger partial charge is 0.406 e. The third-order valence-electron chi connectivity index (χ3n) is 4.76. The van der Waals surface area contributed by atoms with Crippen LogP contribution in [0.4, 0.5) is 18.3 Å². The number of fused-ring (bicyclic) bond motifs is 1. The molecule has 3 aromatic rings. The van der Waals surface area contributed by atoms with Crippen molar-refractivity contribution in [3.8, 4) is 0 Å². The van der Waals surface area contributed by atoms with Gasteiger partial charge in [-0.25, -0.2) is 9.97 Å². The fraction of sp³-hybridized carbons (Fsp3) is 0.444. The first-order chi connectivity index (χ1) is 13.9. The van der Waals surface area contributed by atoms with Crippen molar-refractivity contribution in [1.82, 2.24) is 18.9 Å². The molecule has 1 atom stereocenters. The Kier molecular flexibility index (Phi) is 5.26. The Morgan fingerprint density at radius 1 is 1.28 bits per heavy atom. The molecule has 1 aliphatic rings. The molecule has 0 amide bonds. The van der Waals surface area contributed by atoms with E-state index in [0.29, 0.717) is 29.4 Å². The molecule has 3 heterocycles. The quantitative estimate of drug-likeness (QED) is 0.625. The van der Waals surface area contributed by atoms with Crippen LogP contribution >= 0.6 is 11.5 Å². The number of benzene rings is 1. The number of hydrogen-bond acceptors (Lipinski definition) is 7. The van der Waals surface area contributed by atoms with Crippen LogP contribution in [0.5, 0.6) is 0 Å². The van der Waals surface area contributed by atoms with Gasteiger partial charge in [-0.3, -0.25) is 9.36 Å². The van der Waals surface area contributed by atoms with E-state index in [1.807, 2.05) is 4.90 Å². The number of nitrogens with zero attached hydrogens (tertiary/aromatic N) is 5. The van der Waals surface area contributed by atoms with Crippen molar-refractivity contribution < 1.29 is 17.9 Å². The molecule has 1 unspecified atom stereocenters. The monoisotopic (exact) mass is 425 g/mol. The minimum atomic E-state index is -4.54. The van der Waals surface area contributed by atoms with Crippen LogP contribution in [0.15, 0.2) is 29.1 Å². The van der Waals surface area contributed by atoms with Gasteiger partial charge in [-0.1, -0.05) is 12.1 Å². The van der Waals surface area contributed by atoms with Crippen molar-refractivity contribution in [2.75, 3.05) is 18.6 Å². The van der Waals surface area contributed by atoms with Crippen molar-refractivity contribution in [3.63, 3.8) is 0 Å². The van der Waals surface area contributed by atoms with E-state index in [0.717, 1.165) is 22.5 Å². The van der Waals surface area contributed by atoms with Crippen LogP contribution in [0.3, 0.4) is 0 Å². The third-order valence-corrected chi connectivity index (χ3v) is 5.55. The van der Waals surface area contributed by atoms with Gasteiger partial charge in [0.05, 0.1) is 16.9 Å². The average Bonchev–Trinajstić information content (AvgIpc) is 3.32. The van der Waals surface area contributed by atoms with Crippen LogP contribution in [0.25, 0.3) is 10.9 Å². The van der Waals surface area contributed by atoms with E-state index in [9.17, 15) is 18.0 Å². The summed E-state index contributed by atoms with van der Waals surface area (Å²) in [6.07, 6.45) is -3.22. The molecule has 1 saturated heterocycles. The van der Waals surface area contributed by atoms with E-state index in [-0.39, 0.29) is 17.8 Å². The first-order valence-corrected chi connectivity index (χ1v) is 9.79. The van der Waals surface area contributed by atoms with Gasteiger partial charge in [-0.2, -0.15) is 17.5 Å². The highest BCUT2D eigenvalue weighted by atomic mass is 32.1. The van der Waals surface area contributed by atoms with Gasteiger partial charge in [0.15, 0.2) is 5.82 Å². The number of anilines is 1. The van der Waals surface area contributed by atoms with E-state index in [2.05, 4.69) is 14.3 Å². The molecule has 7 nitrogen and oxygen atoms in total. The van der Waals surface area contributed by atoms with E-state index in [1.165, 1.54) is 13.2 Å². The number of halogens is 3. The van der Waals surface area contributed by atoms with Crippen molar-refractivity contribution >= 4 is 27.6 Å². The summed E-state index contributed by atoms with van der Waals surface area (Å²) in [5.74, 6) is 0.615. The highest BCUT2D eigenvalue weighted by Crippen LogP contribution is 2.36. The average molecular weight is 425 g/mol. The van der Waals surface area contributed by atoms with E-state index >= 15 is 0 Å². The molecule has 0 radical (unpaired) electrons. The van der Waals surface area contributed by atoms with Gasteiger partial charge in [0, 0.05) is 25.2 Å². The number of para-hydroxylation sites is 1. The van der Waals surface area contributed by atoms with Crippen LogP contribution in [0.1, 0.15) is 30.5 Å². The maximum atomic E-state index is 13.3. The zero-order valence-corrected chi connectivity index (χ0v) is 16.3. The molecule has 0 aliphatic carbocycles. The highest BCUT2D eigenvalue weighted by molar-refractivity contribution is 7.09. The lowest BCUT2D eigenvalue weighted by molar-refractivity contribution is -0.141. The Bertz CT molecular complexity index is 1080. The van der Waals surface area contributed by atoms with E-state index in [1.54, 1.807) is 18.2 Å². The second kappa shape index (κ2) is 7.71. The summed E-state index contributed by atoms with van der Waals surface area (Å²) in [5.41, 5.74) is -0.303. The second-order valence-corrected chi connectivity index (χ2v) is 7.50. The molecule has 0 spiro atoms. The first-order valence-electron chi connectivity index (χ1n) is 9.02. The SMILES string of the molecule is COCc1nsc(N2CCCC2c2nc3ccccc3c(=O)n2CC(F)(F)F)n1. The molecule has 4 rings (SSSR count). The minimum Gasteiger partial charge on any atom is -0.377 e. The molecule has 1 aliphatic heterocycles. The van der Waals surface area contributed by atoms with Crippen LogP contribution in [0, 0.1) is 0 Å². The van der Waals surface area contributed by atoms with Crippen molar-refractivity contribution in [2.45, 2.75) is 38.2 Å². The number of alkyl halides is 3. The van der Waals surface area contributed by atoms with Gasteiger partial charge in [0.1, 0.15) is 19.0 Å². The predicted octanol–water partition coefficient (Wildman–Crippen LogP) is 3.30. The summed E-state index contributed by atoms with van der Waals surface area (Å²) < 4.78 is 49.8. The summed E-state index contributed by atoms with van der Waals surface area (Å²) in [6, 6.07) is 5.97. The number of aromatic nitrogens is 4. The summed E-state index contributed by atoms with van der Waals surface area (Å²) in [4.78, 5) is 23.6. The smallest absolute Gasteiger partial charge is 0.377 e. The van der Waals surface area contributed by atoms with Crippen molar-refractivity contribution in [1.29, 1.82) is 0 Å². The Morgan fingerprint density at radius 2 is 2.07 bits per heavy atom. The Labute approximate surface area is 167 Å². The number of ether oxygens (including phenoxy) is 1. The molecule has 1 aromatic carbocycles. The molecule has 2 aromatic heterocycles. The topological polar surface area (TPSA) is 73.1 Å². The van der Waals surface area contributed by atoms with Crippen LogP contribution in [-0.2, 0) is 17.9 Å². The number of methoxy groups -OCH3 is 1. The zero-order valence-electron chi connectivity index (χ0n) is 15.5. The third kappa shape index (κ3) is 3.97. The lowest BCUT2D eigenvalue weighted by Gasteiger charge is -2.26. The zero-order chi connectivity index (χ0) is 20.6. The second-order valence-electron chi connectivity index (χ2n) is 6.77. The standard InChI is InChI=1S/C18H18F3N5O2S/c1-28-9-14-23-17(29-24-14)25-8-4-7-13(25)15-22-12-6-3-2-5-11(12)16(27)26(15)10-18(19,20)21/h2-3,5-6,13H,4,7-10H2,1H3. The summed E-state index contributed by atoms with van der Waals surface area (Å²) in [6.45, 7) is -0.530. The van der Waals surface area contributed by atoms with Gasteiger partial charge in [-0.15, -0.1) is 0 Å². The van der Waals surface area contributed by atoms with Gasteiger partial charge in [0.25, 0.3) is 5.56 Å². The van der Waals surface area contributed by atoms with E-state index < -0.39 is 24.3 Å². The molecule has 0 bridgehead atoms. The summed E-state index contributed by atoms with van der Waals surface area (Å²) in [7, 11) is 1.54. The van der Waals surface area contributed by atoms with Crippen LogP contribution < -0.4 is 10.5 Å². The van der Waals surface area contributed by atoms with E-state index in [4.69, 9.17) is 4.74 Å². The molecule has 0 saturated carbocycles. The fourth-order valence-corrected chi connectivity index (χ4v) is 4.34. The van der Waals surface area contributed by atoms with Crippen molar-refractivity contribution in [2.24, 2.45) is 0 Å².